The Hall–Kier alpha value is -1.69. The minimum absolute atomic E-state index is 0.0789. The zero-order valence-corrected chi connectivity index (χ0v) is 12.3. The number of carbonyl (C=O) groups is 1. The molecule has 0 aliphatic rings. The molecule has 102 valence electrons. The third kappa shape index (κ3) is 2.84. The second-order valence-electron chi connectivity index (χ2n) is 5.42. The van der Waals surface area contributed by atoms with E-state index in [0.717, 1.165) is 15.1 Å². The molecule has 5 nitrogen and oxygen atoms in total. The summed E-state index contributed by atoms with van der Waals surface area (Å²) in [5, 5.41) is 10.0. The molecule has 0 unspecified atom stereocenters. The Morgan fingerprint density at radius 3 is 2.68 bits per heavy atom. The Morgan fingerprint density at radius 2 is 2.11 bits per heavy atom. The number of hydrogen-bond acceptors (Lipinski definition) is 5. The van der Waals surface area contributed by atoms with Crippen LogP contribution in [0.4, 0.5) is 5.82 Å². The van der Waals surface area contributed by atoms with E-state index >= 15 is 0 Å². The molecule has 0 spiro atoms. The summed E-state index contributed by atoms with van der Waals surface area (Å²) in [5.74, 6) is -0.183. The van der Waals surface area contributed by atoms with Crippen molar-refractivity contribution in [1.82, 2.24) is 9.97 Å². The summed E-state index contributed by atoms with van der Waals surface area (Å²) in [6.07, 6.45) is 1.49. The van der Waals surface area contributed by atoms with E-state index < -0.39 is 5.97 Å². The highest BCUT2D eigenvalue weighted by Gasteiger charge is 2.27. The van der Waals surface area contributed by atoms with Gasteiger partial charge in [0.05, 0.1) is 5.39 Å². The molecule has 2 heterocycles. The second kappa shape index (κ2) is 4.77. The van der Waals surface area contributed by atoms with E-state index in [9.17, 15) is 4.79 Å². The maximum atomic E-state index is 11.1. The summed E-state index contributed by atoms with van der Waals surface area (Å²) < 4.78 is 0. The summed E-state index contributed by atoms with van der Waals surface area (Å²) in [4.78, 5) is 23.5. The van der Waals surface area contributed by atoms with Gasteiger partial charge in [-0.3, -0.25) is 4.79 Å². The highest BCUT2D eigenvalue weighted by molar-refractivity contribution is 7.18. The number of nitrogens with zero attached hydrogens (tertiary/aromatic N) is 3. The summed E-state index contributed by atoms with van der Waals surface area (Å²) in [5.41, 5.74) is -0.324. The van der Waals surface area contributed by atoms with Crippen molar-refractivity contribution in [3.63, 3.8) is 0 Å². The molecule has 0 saturated heterocycles. The molecule has 19 heavy (non-hydrogen) atoms. The van der Waals surface area contributed by atoms with Crippen molar-refractivity contribution in [2.24, 2.45) is 0 Å². The van der Waals surface area contributed by atoms with Crippen molar-refractivity contribution in [3.05, 3.63) is 17.3 Å². The monoisotopic (exact) mass is 279 g/mol. The summed E-state index contributed by atoms with van der Waals surface area (Å²) in [7, 11) is 0. The lowest BCUT2D eigenvalue weighted by atomic mass is 10.1. The van der Waals surface area contributed by atoms with Crippen LogP contribution >= 0.6 is 11.3 Å². The first kappa shape index (κ1) is 13.7. The van der Waals surface area contributed by atoms with Crippen LogP contribution in [0.15, 0.2) is 12.4 Å². The molecular formula is C13H17N3O2S. The molecule has 0 aromatic carbocycles. The molecule has 0 fully saturated rings. The Labute approximate surface area is 115 Å². The molecule has 1 N–H and O–H groups in total. The molecule has 2 aromatic rings. The second-order valence-corrected chi connectivity index (χ2v) is 6.66. The number of aromatic nitrogens is 2. The van der Waals surface area contributed by atoms with Crippen LogP contribution in [0, 0.1) is 6.92 Å². The van der Waals surface area contributed by atoms with Gasteiger partial charge in [-0.1, -0.05) is 0 Å². The van der Waals surface area contributed by atoms with E-state index in [1.54, 1.807) is 16.2 Å². The average molecular weight is 279 g/mol. The first-order valence-electron chi connectivity index (χ1n) is 5.99. The van der Waals surface area contributed by atoms with E-state index in [1.165, 1.54) is 6.33 Å². The molecule has 0 bridgehead atoms. The SMILES string of the molecule is Cc1cc2c(N(CC(=O)O)C(C)(C)C)ncnc2s1. The van der Waals surface area contributed by atoms with Crippen LogP contribution in [0.5, 0.6) is 0 Å². The van der Waals surface area contributed by atoms with Gasteiger partial charge in [-0.2, -0.15) is 0 Å². The molecule has 0 radical (unpaired) electrons. The summed E-state index contributed by atoms with van der Waals surface area (Å²) in [6, 6.07) is 2.01. The van der Waals surface area contributed by atoms with Gasteiger partial charge < -0.3 is 10.0 Å². The lowest BCUT2D eigenvalue weighted by molar-refractivity contribution is -0.135. The predicted molar refractivity (Wildman–Crippen MR) is 76.9 cm³/mol. The fourth-order valence-corrected chi connectivity index (χ4v) is 2.79. The lowest BCUT2D eigenvalue weighted by Gasteiger charge is -2.35. The highest BCUT2D eigenvalue weighted by Crippen LogP contribution is 2.32. The molecule has 0 aliphatic heterocycles. The predicted octanol–water partition coefficient (Wildman–Crippen LogP) is 2.69. The van der Waals surface area contributed by atoms with E-state index in [-0.39, 0.29) is 12.1 Å². The van der Waals surface area contributed by atoms with Gasteiger partial charge in [0, 0.05) is 10.4 Å². The minimum atomic E-state index is -0.867. The fourth-order valence-electron chi connectivity index (χ4n) is 1.94. The summed E-state index contributed by atoms with van der Waals surface area (Å²) >= 11 is 1.59. The average Bonchev–Trinajstić information content (AvgIpc) is 2.64. The Kier molecular flexibility index (Phi) is 3.45. The normalized spacial score (nSPS) is 11.8. The fraction of sp³-hybridized carbons (Fsp3) is 0.462. The van der Waals surface area contributed by atoms with Crippen molar-refractivity contribution in [3.8, 4) is 0 Å². The maximum absolute atomic E-state index is 11.1. The third-order valence-corrected chi connectivity index (χ3v) is 3.75. The zero-order valence-electron chi connectivity index (χ0n) is 11.5. The first-order valence-corrected chi connectivity index (χ1v) is 6.81. The maximum Gasteiger partial charge on any atom is 0.323 e. The number of aryl methyl sites for hydroxylation is 1. The topological polar surface area (TPSA) is 66.3 Å². The number of rotatable bonds is 3. The number of fused-ring (bicyclic) bond motifs is 1. The van der Waals surface area contributed by atoms with Crippen LogP contribution in [-0.4, -0.2) is 33.1 Å². The smallest absolute Gasteiger partial charge is 0.323 e. The number of hydrogen-bond donors (Lipinski definition) is 1. The van der Waals surface area contributed by atoms with Gasteiger partial charge >= 0.3 is 5.97 Å². The van der Waals surface area contributed by atoms with Crippen molar-refractivity contribution in [2.45, 2.75) is 33.2 Å². The van der Waals surface area contributed by atoms with Crippen molar-refractivity contribution in [2.75, 3.05) is 11.4 Å². The number of carboxylic acids is 1. The summed E-state index contributed by atoms with van der Waals surface area (Å²) in [6.45, 7) is 7.86. The van der Waals surface area contributed by atoms with Crippen LogP contribution in [-0.2, 0) is 4.79 Å². The Morgan fingerprint density at radius 1 is 1.42 bits per heavy atom. The molecule has 2 aromatic heterocycles. The van der Waals surface area contributed by atoms with Crippen molar-refractivity contribution in [1.29, 1.82) is 0 Å². The van der Waals surface area contributed by atoms with Gasteiger partial charge in [-0.15, -0.1) is 11.3 Å². The molecule has 0 atom stereocenters. The molecule has 0 saturated carbocycles. The van der Waals surface area contributed by atoms with E-state index in [1.807, 2.05) is 33.8 Å². The Balaban J connectivity index is 2.58. The zero-order chi connectivity index (χ0) is 14.2. The lowest BCUT2D eigenvalue weighted by Crippen LogP contribution is -2.45. The van der Waals surface area contributed by atoms with E-state index in [4.69, 9.17) is 5.11 Å². The van der Waals surface area contributed by atoms with Crippen LogP contribution in [0.2, 0.25) is 0 Å². The van der Waals surface area contributed by atoms with Crippen molar-refractivity contribution >= 4 is 33.3 Å². The molecular weight excluding hydrogens is 262 g/mol. The van der Waals surface area contributed by atoms with Gasteiger partial charge in [0.15, 0.2) is 0 Å². The number of anilines is 1. The van der Waals surface area contributed by atoms with E-state index in [2.05, 4.69) is 9.97 Å². The van der Waals surface area contributed by atoms with Gasteiger partial charge in [0.2, 0.25) is 0 Å². The van der Waals surface area contributed by atoms with Gasteiger partial charge in [-0.05, 0) is 33.8 Å². The van der Waals surface area contributed by atoms with E-state index in [0.29, 0.717) is 5.82 Å². The molecule has 0 amide bonds. The van der Waals surface area contributed by atoms with Crippen molar-refractivity contribution < 1.29 is 9.90 Å². The van der Waals surface area contributed by atoms with Gasteiger partial charge in [0.1, 0.15) is 23.5 Å². The van der Waals surface area contributed by atoms with Crippen LogP contribution in [0.1, 0.15) is 25.6 Å². The number of carboxylic acid groups (broad SMARTS) is 1. The largest absolute Gasteiger partial charge is 0.480 e. The minimum Gasteiger partial charge on any atom is -0.480 e. The highest BCUT2D eigenvalue weighted by atomic mass is 32.1. The first-order chi connectivity index (χ1) is 8.79. The molecule has 2 rings (SSSR count). The van der Waals surface area contributed by atoms with Gasteiger partial charge in [-0.25, -0.2) is 9.97 Å². The number of thiophene rings is 1. The molecule has 6 heteroatoms. The quantitative estimate of drug-likeness (QED) is 0.935. The number of aliphatic carboxylic acids is 1. The van der Waals surface area contributed by atoms with Crippen LogP contribution < -0.4 is 4.90 Å². The van der Waals surface area contributed by atoms with Crippen LogP contribution in [0.25, 0.3) is 10.2 Å². The Bertz CT molecular complexity index is 616. The van der Waals surface area contributed by atoms with Gasteiger partial charge in [0.25, 0.3) is 0 Å². The molecule has 0 aliphatic carbocycles. The third-order valence-electron chi connectivity index (χ3n) is 2.79. The standard InChI is InChI=1S/C13H17N3O2S/c1-8-5-9-11(14-7-15-12(9)19-8)16(6-10(17)18)13(2,3)4/h5,7H,6H2,1-4H3,(H,17,18). The van der Waals surface area contributed by atoms with Crippen LogP contribution in [0.3, 0.4) is 0 Å².